The van der Waals surface area contributed by atoms with Gasteiger partial charge in [0.1, 0.15) is 11.6 Å². The predicted octanol–water partition coefficient (Wildman–Crippen LogP) is 2.75. The number of nitrogens with zero attached hydrogens (tertiary/aromatic N) is 2. The van der Waals surface area contributed by atoms with Crippen molar-refractivity contribution in [1.29, 1.82) is 0 Å². The Morgan fingerprint density at radius 3 is 2.50 bits per heavy atom. The van der Waals surface area contributed by atoms with Crippen LogP contribution >= 0.6 is 15.9 Å². The minimum atomic E-state index is -0.403. The molecule has 0 unspecified atom stereocenters. The van der Waals surface area contributed by atoms with E-state index in [1.54, 1.807) is 6.07 Å². The fraction of sp³-hybridized carbons (Fsp3) is 0. The van der Waals surface area contributed by atoms with Crippen LogP contribution in [0.4, 0.5) is 10.1 Å². The van der Waals surface area contributed by atoms with Gasteiger partial charge in [-0.1, -0.05) is 15.9 Å². The van der Waals surface area contributed by atoms with E-state index < -0.39 is 5.82 Å². The summed E-state index contributed by atoms with van der Waals surface area (Å²) in [7, 11) is 0. The largest absolute Gasteiger partial charge is 0.424 e. The van der Waals surface area contributed by atoms with E-state index in [9.17, 15) is 4.39 Å². The monoisotopic (exact) mass is 283 g/mol. The van der Waals surface area contributed by atoms with E-state index in [2.05, 4.69) is 25.9 Å². The second-order valence-corrected chi connectivity index (χ2v) is 3.92. The molecule has 1 aromatic heterocycles. The Morgan fingerprint density at radius 2 is 1.88 bits per heavy atom. The van der Waals surface area contributed by atoms with Crippen LogP contribution < -0.4 is 10.5 Å². The Labute approximate surface area is 99.4 Å². The Morgan fingerprint density at radius 1 is 1.19 bits per heavy atom. The van der Waals surface area contributed by atoms with Crippen LogP contribution in [0.15, 0.2) is 35.1 Å². The molecule has 6 heteroatoms. The number of anilines is 1. The molecule has 0 spiro atoms. The Kier molecular flexibility index (Phi) is 3.00. The summed E-state index contributed by atoms with van der Waals surface area (Å²) in [5.41, 5.74) is 5.86. The molecule has 0 amide bonds. The van der Waals surface area contributed by atoms with Crippen molar-refractivity contribution in [3.8, 4) is 11.8 Å². The van der Waals surface area contributed by atoms with E-state index in [0.29, 0.717) is 15.9 Å². The zero-order chi connectivity index (χ0) is 11.5. The van der Waals surface area contributed by atoms with Gasteiger partial charge in [-0.25, -0.2) is 14.4 Å². The summed E-state index contributed by atoms with van der Waals surface area (Å²) in [4.78, 5) is 7.67. The Balaban J connectivity index is 2.23. The van der Waals surface area contributed by atoms with Gasteiger partial charge in [-0.2, -0.15) is 0 Å². The number of rotatable bonds is 2. The van der Waals surface area contributed by atoms with E-state index in [1.807, 2.05) is 0 Å². The molecule has 0 aliphatic carbocycles. The first-order chi connectivity index (χ1) is 7.63. The van der Waals surface area contributed by atoms with Crippen LogP contribution in [-0.4, -0.2) is 9.97 Å². The van der Waals surface area contributed by atoms with Crippen LogP contribution in [0.3, 0.4) is 0 Å². The third-order valence-electron chi connectivity index (χ3n) is 1.69. The highest BCUT2D eigenvalue weighted by atomic mass is 79.9. The average Bonchev–Trinajstić information content (AvgIpc) is 2.20. The lowest BCUT2D eigenvalue weighted by molar-refractivity contribution is 0.437. The van der Waals surface area contributed by atoms with E-state index in [1.165, 1.54) is 24.5 Å². The van der Waals surface area contributed by atoms with E-state index in [4.69, 9.17) is 10.5 Å². The lowest BCUT2D eigenvalue weighted by Crippen LogP contribution is -1.94. The minimum Gasteiger partial charge on any atom is -0.424 e. The lowest BCUT2D eigenvalue weighted by Gasteiger charge is -2.04. The lowest BCUT2D eigenvalue weighted by atomic mass is 10.3. The van der Waals surface area contributed by atoms with Crippen LogP contribution in [0.5, 0.6) is 11.8 Å². The van der Waals surface area contributed by atoms with Gasteiger partial charge in [-0.3, -0.25) is 0 Å². The van der Waals surface area contributed by atoms with Crippen molar-refractivity contribution >= 4 is 21.6 Å². The van der Waals surface area contributed by atoms with E-state index in [-0.39, 0.29) is 6.01 Å². The second kappa shape index (κ2) is 4.44. The number of halogens is 2. The molecule has 82 valence electrons. The number of aromatic nitrogens is 2. The zero-order valence-corrected chi connectivity index (χ0v) is 9.61. The van der Waals surface area contributed by atoms with Crippen molar-refractivity contribution < 1.29 is 9.13 Å². The molecule has 16 heavy (non-hydrogen) atoms. The first-order valence-corrected chi connectivity index (χ1v) is 5.14. The number of ether oxygens (including phenoxy) is 1. The summed E-state index contributed by atoms with van der Waals surface area (Å²) >= 11 is 3.16. The van der Waals surface area contributed by atoms with Crippen LogP contribution in [-0.2, 0) is 0 Å². The predicted molar refractivity (Wildman–Crippen MR) is 60.6 cm³/mol. The normalized spacial score (nSPS) is 10.1. The van der Waals surface area contributed by atoms with Crippen molar-refractivity contribution in [1.82, 2.24) is 9.97 Å². The fourth-order valence-electron chi connectivity index (χ4n) is 1.07. The van der Waals surface area contributed by atoms with Gasteiger partial charge in [0.25, 0.3) is 0 Å². The van der Waals surface area contributed by atoms with Crippen LogP contribution in [0.1, 0.15) is 0 Å². The molecule has 0 fully saturated rings. The molecule has 2 rings (SSSR count). The van der Waals surface area contributed by atoms with Crippen LogP contribution in [0, 0.1) is 5.82 Å². The third-order valence-corrected chi connectivity index (χ3v) is 2.15. The molecular formula is C10H7BrFN3O. The summed E-state index contributed by atoms with van der Waals surface area (Å²) in [6.07, 6.45) is 2.83. The van der Waals surface area contributed by atoms with Gasteiger partial charge >= 0.3 is 6.01 Å². The van der Waals surface area contributed by atoms with Gasteiger partial charge in [0.05, 0.1) is 18.1 Å². The maximum atomic E-state index is 13.0. The maximum Gasteiger partial charge on any atom is 0.322 e. The van der Waals surface area contributed by atoms with Crippen molar-refractivity contribution in [2.45, 2.75) is 0 Å². The second-order valence-electron chi connectivity index (χ2n) is 3.01. The molecular weight excluding hydrogens is 277 g/mol. The maximum absolute atomic E-state index is 13.0. The van der Waals surface area contributed by atoms with E-state index in [0.717, 1.165) is 0 Å². The molecule has 2 aromatic rings. The fourth-order valence-corrected chi connectivity index (χ4v) is 1.52. The molecule has 0 aliphatic heterocycles. The third kappa shape index (κ3) is 2.66. The zero-order valence-electron chi connectivity index (χ0n) is 8.02. The summed E-state index contributed by atoms with van der Waals surface area (Å²) in [6, 6.07) is 4.30. The molecule has 0 bridgehead atoms. The summed E-state index contributed by atoms with van der Waals surface area (Å²) in [6.45, 7) is 0. The quantitative estimate of drug-likeness (QED) is 0.921. The van der Waals surface area contributed by atoms with Gasteiger partial charge in [0.2, 0.25) is 0 Å². The van der Waals surface area contributed by atoms with Crippen molar-refractivity contribution in [2.24, 2.45) is 0 Å². The number of nitrogens with two attached hydrogens (primary N) is 1. The van der Waals surface area contributed by atoms with Gasteiger partial charge < -0.3 is 10.5 Å². The Bertz CT molecular complexity index is 484. The Hall–Kier alpha value is -1.69. The number of benzene rings is 1. The summed E-state index contributed by atoms with van der Waals surface area (Å²) in [5.74, 6) is -0.0866. The number of hydrogen-bond acceptors (Lipinski definition) is 4. The van der Waals surface area contributed by atoms with Crippen molar-refractivity contribution in [3.63, 3.8) is 0 Å². The van der Waals surface area contributed by atoms with Gasteiger partial charge in [-0.05, 0) is 12.1 Å². The minimum absolute atomic E-state index is 0.117. The van der Waals surface area contributed by atoms with Crippen molar-refractivity contribution in [3.05, 3.63) is 40.9 Å². The van der Waals surface area contributed by atoms with Gasteiger partial charge in [0, 0.05) is 10.5 Å². The topological polar surface area (TPSA) is 61.0 Å². The first-order valence-electron chi connectivity index (χ1n) is 4.35. The first kappa shape index (κ1) is 10.8. The van der Waals surface area contributed by atoms with Gasteiger partial charge in [0.15, 0.2) is 0 Å². The molecule has 0 radical (unpaired) electrons. The summed E-state index contributed by atoms with van der Waals surface area (Å²) < 4.78 is 18.9. The molecule has 0 saturated heterocycles. The highest BCUT2D eigenvalue weighted by Crippen LogP contribution is 2.23. The number of nitrogen functional groups attached to an aromatic ring is 1. The van der Waals surface area contributed by atoms with Gasteiger partial charge in [-0.15, -0.1) is 0 Å². The highest BCUT2D eigenvalue weighted by molar-refractivity contribution is 9.10. The SMILES string of the molecule is Nc1cnc(Oc2cc(F)cc(Br)c2)nc1. The van der Waals surface area contributed by atoms with Crippen LogP contribution in [0.25, 0.3) is 0 Å². The van der Waals surface area contributed by atoms with E-state index >= 15 is 0 Å². The average molecular weight is 284 g/mol. The molecule has 0 aliphatic rings. The molecule has 2 N–H and O–H groups in total. The molecule has 1 aromatic carbocycles. The molecule has 0 atom stereocenters. The standard InChI is InChI=1S/C10H7BrFN3O/c11-6-1-7(12)3-9(2-6)16-10-14-4-8(13)5-15-10/h1-5H,13H2. The number of hydrogen-bond donors (Lipinski definition) is 1. The molecule has 0 saturated carbocycles. The highest BCUT2D eigenvalue weighted by Gasteiger charge is 2.03. The van der Waals surface area contributed by atoms with Crippen molar-refractivity contribution in [2.75, 3.05) is 5.73 Å². The molecule has 4 nitrogen and oxygen atoms in total. The van der Waals surface area contributed by atoms with Crippen LogP contribution in [0.2, 0.25) is 0 Å². The molecule has 1 heterocycles. The smallest absolute Gasteiger partial charge is 0.322 e. The summed E-state index contributed by atoms with van der Waals surface area (Å²) in [5, 5.41) is 0.